The minimum Gasteiger partial charge on any atom is -0.370 e. The van der Waals surface area contributed by atoms with Gasteiger partial charge in [-0.3, -0.25) is 0 Å². The highest BCUT2D eigenvalue weighted by atomic mass is 15.1. The normalized spacial score (nSPS) is 20.5. The van der Waals surface area contributed by atoms with Gasteiger partial charge in [0.2, 0.25) is 0 Å². The first-order valence-corrected chi connectivity index (χ1v) is 8.43. The Hall–Kier alpha value is -1.32. The molecule has 0 amide bonds. The molecule has 2 rings (SSSR count). The second-order valence-electron chi connectivity index (χ2n) is 6.81. The molecule has 1 aromatic rings. The first-order chi connectivity index (χ1) is 10.0. The van der Waals surface area contributed by atoms with Crippen molar-refractivity contribution in [2.75, 3.05) is 17.2 Å². The molecule has 1 fully saturated rings. The molecule has 1 saturated carbocycles. The Bertz CT molecular complexity index is 456. The van der Waals surface area contributed by atoms with Crippen LogP contribution in [0.2, 0.25) is 0 Å². The van der Waals surface area contributed by atoms with Gasteiger partial charge in [-0.15, -0.1) is 0 Å². The van der Waals surface area contributed by atoms with Gasteiger partial charge in [0.1, 0.15) is 17.5 Å². The highest BCUT2D eigenvalue weighted by Gasteiger charge is 2.34. The molecule has 0 aromatic carbocycles. The van der Waals surface area contributed by atoms with Crippen LogP contribution in [-0.2, 0) is 6.42 Å². The van der Waals surface area contributed by atoms with E-state index in [1.165, 1.54) is 19.3 Å². The zero-order valence-corrected chi connectivity index (χ0v) is 14.0. The number of anilines is 2. The molecule has 1 atom stereocenters. The lowest BCUT2D eigenvalue weighted by Crippen LogP contribution is -2.31. The molecule has 1 aromatic heterocycles. The maximum absolute atomic E-state index is 4.70. The highest BCUT2D eigenvalue weighted by molar-refractivity contribution is 5.48. The summed E-state index contributed by atoms with van der Waals surface area (Å²) in [6.45, 7) is 9.99. The summed E-state index contributed by atoms with van der Waals surface area (Å²) in [7, 11) is 0. The SMILES string of the molecule is CCCNc1cc(NC2CCCC2(C)C)nc(CCC)n1. The zero-order chi connectivity index (χ0) is 15.3. The van der Waals surface area contributed by atoms with Crippen LogP contribution in [0.4, 0.5) is 11.6 Å². The van der Waals surface area contributed by atoms with E-state index in [-0.39, 0.29) is 0 Å². The number of rotatable bonds is 7. The monoisotopic (exact) mass is 290 g/mol. The van der Waals surface area contributed by atoms with Gasteiger partial charge in [-0.25, -0.2) is 9.97 Å². The van der Waals surface area contributed by atoms with Crippen LogP contribution in [-0.4, -0.2) is 22.6 Å². The molecule has 0 bridgehead atoms. The molecule has 1 aliphatic rings. The average molecular weight is 290 g/mol. The van der Waals surface area contributed by atoms with E-state index in [9.17, 15) is 0 Å². The number of aryl methyl sites for hydroxylation is 1. The Morgan fingerprint density at radius 2 is 1.95 bits per heavy atom. The molecule has 4 nitrogen and oxygen atoms in total. The van der Waals surface area contributed by atoms with Crippen molar-refractivity contribution in [2.24, 2.45) is 5.41 Å². The minimum atomic E-state index is 0.354. The van der Waals surface area contributed by atoms with Crippen molar-refractivity contribution in [3.63, 3.8) is 0 Å². The summed E-state index contributed by atoms with van der Waals surface area (Å²) in [5.74, 6) is 2.87. The summed E-state index contributed by atoms with van der Waals surface area (Å²) in [6, 6.07) is 2.57. The van der Waals surface area contributed by atoms with E-state index >= 15 is 0 Å². The lowest BCUT2D eigenvalue weighted by Gasteiger charge is -2.28. The number of hydrogen-bond acceptors (Lipinski definition) is 4. The molecular formula is C17H30N4. The van der Waals surface area contributed by atoms with Crippen LogP contribution in [0.25, 0.3) is 0 Å². The molecule has 118 valence electrons. The van der Waals surface area contributed by atoms with E-state index in [0.717, 1.165) is 43.3 Å². The van der Waals surface area contributed by atoms with E-state index in [4.69, 9.17) is 4.98 Å². The first-order valence-electron chi connectivity index (χ1n) is 8.43. The van der Waals surface area contributed by atoms with Gasteiger partial charge >= 0.3 is 0 Å². The zero-order valence-electron chi connectivity index (χ0n) is 14.0. The Labute approximate surface area is 129 Å². The Morgan fingerprint density at radius 1 is 1.19 bits per heavy atom. The van der Waals surface area contributed by atoms with E-state index in [0.29, 0.717) is 11.5 Å². The van der Waals surface area contributed by atoms with Crippen LogP contribution in [0.3, 0.4) is 0 Å². The van der Waals surface area contributed by atoms with Gasteiger partial charge in [0.25, 0.3) is 0 Å². The van der Waals surface area contributed by atoms with Crippen molar-refractivity contribution in [2.45, 2.75) is 72.3 Å². The van der Waals surface area contributed by atoms with Gasteiger partial charge in [0, 0.05) is 25.1 Å². The summed E-state index contributed by atoms with van der Waals surface area (Å²) in [5, 5.41) is 7.04. The number of nitrogens with zero attached hydrogens (tertiary/aromatic N) is 2. The van der Waals surface area contributed by atoms with Crippen molar-refractivity contribution < 1.29 is 0 Å². The Balaban J connectivity index is 2.14. The molecule has 21 heavy (non-hydrogen) atoms. The third-order valence-electron chi connectivity index (χ3n) is 4.38. The van der Waals surface area contributed by atoms with Gasteiger partial charge in [-0.2, -0.15) is 0 Å². The second kappa shape index (κ2) is 7.10. The largest absolute Gasteiger partial charge is 0.370 e. The van der Waals surface area contributed by atoms with Crippen LogP contribution in [0.5, 0.6) is 0 Å². The lowest BCUT2D eigenvalue weighted by molar-refractivity contribution is 0.349. The van der Waals surface area contributed by atoms with Gasteiger partial charge in [0.15, 0.2) is 0 Å². The fraction of sp³-hybridized carbons (Fsp3) is 0.765. The molecular weight excluding hydrogens is 260 g/mol. The van der Waals surface area contributed by atoms with Crippen LogP contribution in [0.15, 0.2) is 6.07 Å². The van der Waals surface area contributed by atoms with Crippen LogP contribution >= 0.6 is 0 Å². The fourth-order valence-corrected chi connectivity index (χ4v) is 3.02. The summed E-state index contributed by atoms with van der Waals surface area (Å²) in [4.78, 5) is 9.31. The quantitative estimate of drug-likeness (QED) is 0.788. The van der Waals surface area contributed by atoms with Crippen LogP contribution in [0.1, 0.15) is 65.6 Å². The first kappa shape index (κ1) is 16.1. The summed E-state index contributed by atoms with van der Waals surface area (Å²) in [5.41, 5.74) is 0.354. The van der Waals surface area contributed by atoms with E-state index in [2.05, 4.69) is 49.4 Å². The van der Waals surface area contributed by atoms with Gasteiger partial charge in [0.05, 0.1) is 0 Å². The predicted molar refractivity (Wildman–Crippen MR) is 89.9 cm³/mol. The van der Waals surface area contributed by atoms with E-state index < -0.39 is 0 Å². The highest BCUT2D eigenvalue weighted by Crippen LogP contribution is 2.38. The predicted octanol–water partition coefficient (Wildman–Crippen LogP) is 4.24. The standard InChI is InChI=1S/C17H30N4/c1-5-8-14-20-15(18-11-6-2)12-16(21-14)19-13-9-7-10-17(13,3)4/h12-13H,5-11H2,1-4H3,(H2,18,19,20,21). The fourth-order valence-electron chi connectivity index (χ4n) is 3.02. The van der Waals surface area contributed by atoms with Crippen molar-refractivity contribution in [1.29, 1.82) is 0 Å². The summed E-state index contributed by atoms with van der Waals surface area (Å²) in [6.07, 6.45) is 6.94. The molecule has 1 aliphatic carbocycles. The number of aromatic nitrogens is 2. The summed E-state index contributed by atoms with van der Waals surface area (Å²) >= 11 is 0. The van der Waals surface area contributed by atoms with Crippen molar-refractivity contribution >= 4 is 11.6 Å². The topological polar surface area (TPSA) is 49.8 Å². The van der Waals surface area contributed by atoms with E-state index in [1.54, 1.807) is 0 Å². The Kier molecular flexibility index (Phi) is 5.43. The van der Waals surface area contributed by atoms with Gasteiger partial charge in [-0.1, -0.05) is 34.1 Å². The van der Waals surface area contributed by atoms with Crippen molar-refractivity contribution in [1.82, 2.24) is 9.97 Å². The molecule has 1 heterocycles. The maximum atomic E-state index is 4.70. The van der Waals surface area contributed by atoms with E-state index in [1.807, 2.05) is 0 Å². The third kappa shape index (κ3) is 4.32. The van der Waals surface area contributed by atoms with Gasteiger partial charge in [-0.05, 0) is 31.1 Å². The van der Waals surface area contributed by atoms with Gasteiger partial charge < -0.3 is 10.6 Å². The molecule has 0 spiro atoms. The number of nitrogens with one attached hydrogen (secondary N) is 2. The maximum Gasteiger partial charge on any atom is 0.133 e. The molecule has 2 N–H and O–H groups in total. The minimum absolute atomic E-state index is 0.354. The van der Waals surface area contributed by atoms with Crippen LogP contribution in [0, 0.1) is 5.41 Å². The Morgan fingerprint density at radius 3 is 2.57 bits per heavy atom. The average Bonchev–Trinajstić information content (AvgIpc) is 2.76. The second-order valence-corrected chi connectivity index (χ2v) is 6.81. The summed E-state index contributed by atoms with van der Waals surface area (Å²) < 4.78 is 0. The number of hydrogen-bond donors (Lipinski definition) is 2. The van der Waals surface area contributed by atoms with Crippen molar-refractivity contribution in [3.05, 3.63) is 11.9 Å². The molecule has 0 radical (unpaired) electrons. The smallest absolute Gasteiger partial charge is 0.133 e. The molecule has 0 saturated heterocycles. The molecule has 4 heteroatoms. The van der Waals surface area contributed by atoms with Crippen LogP contribution < -0.4 is 10.6 Å². The molecule has 0 aliphatic heterocycles. The third-order valence-corrected chi connectivity index (χ3v) is 4.38. The molecule has 1 unspecified atom stereocenters. The lowest BCUT2D eigenvalue weighted by atomic mass is 9.87. The van der Waals surface area contributed by atoms with Crippen molar-refractivity contribution in [3.8, 4) is 0 Å².